The van der Waals surface area contributed by atoms with Crippen molar-refractivity contribution in [2.24, 2.45) is 0 Å². The third-order valence-electron chi connectivity index (χ3n) is 5.53. The number of nitrogens with zero attached hydrogens (tertiary/aromatic N) is 1. The molecule has 1 aromatic rings. The van der Waals surface area contributed by atoms with Crippen LogP contribution in [0.3, 0.4) is 0 Å². The van der Waals surface area contributed by atoms with Crippen LogP contribution in [0.4, 0.5) is 0 Å². The lowest BCUT2D eigenvalue weighted by atomic mass is 9.79. The number of fused-ring (bicyclic) bond motifs is 3. The summed E-state index contributed by atoms with van der Waals surface area (Å²) >= 11 is 1.69. The Morgan fingerprint density at radius 2 is 1.85 bits per heavy atom. The van der Waals surface area contributed by atoms with Crippen LogP contribution in [-0.2, 0) is 4.79 Å². The number of hydrogen-bond donors (Lipinski definition) is 2. The molecule has 3 aliphatic rings. The highest BCUT2D eigenvalue weighted by Crippen LogP contribution is 2.48. The zero-order valence-electron chi connectivity index (χ0n) is 15.8. The van der Waals surface area contributed by atoms with E-state index in [0.29, 0.717) is 5.75 Å². The van der Waals surface area contributed by atoms with E-state index < -0.39 is 0 Å². The van der Waals surface area contributed by atoms with Gasteiger partial charge in [0, 0.05) is 28.4 Å². The zero-order valence-corrected chi connectivity index (χ0v) is 16.7. The smallest absolute Gasteiger partial charge is 0.256 e. The highest BCUT2D eigenvalue weighted by Gasteiger charge is 2.49. The van der Waals surface area contributed by atoms with E-state index in [9.17, 15) is 9.59 Å². The highest BCUT2D eigenvalue weighted by molar-refractivity contribution is 7.99. The molecule has 0 radical (unpaired) electrons. The molecule has 2 amide bonds. The Hall–Kier alpha value is -1.53. The quantitative estimate of drug-likeness (QED) is 0.837. The van der Waals surface area contributed by atoms with Crippen molar-refractivity contribution in [1.82, 2.24) is 15.5 Å². The number of benzene rings is 1. The summed E-state index contributed by atoms with van der Waals surface area (Å²) in [4.78, 5) is 27.6. The molecule has 2 atom stereocenters. The lowest BCUT2D eigenvalue weighted by Gasteiger charge is -2.46. The molecule has 1 aromatic carbocycles. The van der Waals surface area contributed by atoms with Crippen LogP contribution in [0.25, 0.3) is 0 Å². The minimum Gasteiger partial charge on any atom is -0.351 e. The standard InChI is InChI=1S/C20H27N3O2S/c1-19(2)9-12(10-20(3,4)22-19)21-16(24)15-11-26-18-14-8-6-5-7-13(14)17(25)23(15)18/h5-8,12,15,18,22H,9-11H2,1-4H3,(H,21,24)/t15-,18-/m0/s1. The lowest BCUT2D eigenvalue weighted by Crippen LogP contribution is -2.63. The van der Waals surface area contributed by atoms with Gasteiger partial charge in [0.1, 0.15) is 11.4 Å². The summed E-state index contributed by atoms with van der Waals surface area (Å²) in [5.41, 5.74) is 1.74. The molecule has 2 N–H and O–H groups in total. The Bertz CT molecular complexity index is 745. The van der Waals surface area contributed by atoms with Crippen LogP contribution in [-0.4, -0.2) is 45.6 Å². The van der Waals surface area contributed by atoms with Crippen molar-refractivity contribution in [3.8, 4) is 0 Å². The molecule has 2 saturated heterocycles. The maximum absolute atomic E-state index is 13.0. The first-order valence-corrected chi connectivity index (χ1v) is 10.3. The molecule has 3 aliphatic heterocycles. The first-order valence-electron chi connectivity index (χ1n) is 9.30. The Balaban J connectivity index is 1.49. The second kappa shape index (κ2) is 5.99. The van der Waals surface area contributed by atoms with Gasteiger partial charge in [-0.05, 0) is 52.2 Å². The molecule has 2 fully saturated rings. The molecule has 140 valence electrons. The summed E-state index contributed by atoms with van der Waals surface area (Å²) in [5.74, 6) is 0.635. The minimum atomic E-state index is -0.383. The van der Waals surface area contributed by atoms with Gasteiger partial charge in [0.05, 0.1) is 0 Å². The minimum absolute atomic E-state index is 0.0123. The van der Waals surface area contributed by atoms with Crippen molar-refractivity contribution >= 4 is 23.6 Å². The third kappa shape index (κ3) is 3.03. The fourth-order valence-electron chi connectivity index (χ4n) is 4.96. The number of nitrogens with one attached hydrogen (secondary N) is 2. The number of thioether (sulfide) groups is 1. The number of hydrogen-bond acceptors (Lipinski definition) is 4. The average molecular weight is 374 g/mol. The summed E-state index contributed by atoms with van der Waals surface area (Å²) < 4.78 is 0. The SMILES string of the molecule is CC1(C)CC(NC(=O)[C@@H]2CS[C@H]3c4ccccc4C(=O)N23)CC(C)(C)N1. The molecule has 4 rings (SSSR count). The molecule has 26 heavy (non-hydrogen) atoms. The second-order valence-electron chi connectivity index (χ2n) is 9.01. The number of amides is 2. The van der Waals surface area contributed by atoms with Gasteiger partial charge in [-0.1, -0.05) is 18.2 Å². The monoisotopic (exact) mass is 373 g/mol. The van der Waals surface area contributed by atoms with Crippen molar-refractivity contribution in [1.29, 1.82) is 0 Å². The van der Waals surface area contributed by atoms with Crippen molar-refractivity contribution in [3.63, 3.8) is 0 Å². The lowest BCUT2D eigenvalue weighted by molar-refractivity contribution is -0.126. The van der Waals surface area contributed by atoms with Crippen molar-refractivity contribution < 1.29 is 9.59 Å². The van der Waals surface area contributed by atoms with E-state index in [2.05, 4.69) is 38.3 Å². The van der Waals surface area contributed by atoms with E-state index >= 15 is 0 Å². The summed E-state index contributed by atoms with van der Waals surface area (Å²) in [7, 11) is 0. The topological polar surface area (TPSA) is 61.4 Å². The largest absolute Gasteiger partial charge is 0.351 e. The summed E-state index contributed by atoms with van der Waals surface area (Å²) in [6.45, 7) is 8.70. The van der Waals surface area contributed by atoms with Gasteiger partial charge in [-0.15, -0.1) is 11.8 Å². The van der Waals surface area contributed by atoms with Gasteiger partial charge in [-0.2, -0.15) is 0 Å². The molecule has 5 nitrogen and oxygen atoms in total. The number of carbonyl (C=O) groups excluding carboxylic acids is 2. The van der Waals surface area contributed by atoms with E-state index in [0.717, 1.165) is 24.0 Å². The molecule has 6 heteroatoms. The Kier molecular flexibility index (Phi) is 4.12. The summed E-state index contributed by atoms with van der Waals surface area (Å²) in [5, 5.41) is 6.87. The summed E-state index contributed by atoms with van der Waals surface area (Å²) in [6, 6.07) is 7.45. The van der Waals surface area contributed by atoms with E-state index in [4.69, 9.17) is 0 Å². The molecule has 0 bridgehead atoms. The normalized spacial score (nSPS) is 29.4. The predicted octanol–water partition coefficient (Wildman–Crippen LogP) is 2.68. The van der Waals surface area contributed by atoms with E-state index in [1.807, 2.05) is 24.3 Å². The molecule has 0 unspecified atom stereocenters. The van der Waals surface area contributed by atoms with Gasteiger partial charge in [-0.3, -0.25) is 9.59 Å². The van der Waals surface area contributed by atoms with E-state index in [-0.39, 0.29) is 40.3 Å². The van der Waals surface area contributed by atoms with Crippen LogP contribution in [0.2, 0.25) is 0 Å². The van der Waals surface area contributed by atoms with Crippen molar-refractivity contribution in [2.75, 3.05) is 5.75 Å². The summed E-state index contributed by atoms with van der Waals surface area (Å²) in [6.07, 6.45) is 1.78. The molecule has 0 aliphatic carbocycles. The van der Waals surface area contributed by atoms with Crippen LogP contribution in [0.1, 0.15) is 61.8 Å². The molecule has 0 spiro atoms. The fraction of sp³-hybridized carbons (Fsp3) is 0.600. The van der Waals surface area contributed by atoms with Gasteiger partial charge in [0.2, 0.25) is 5.91 Å². The molecular formula is C20H27N3O2S. The molecule has 0 saturated carbocycles. The van der Waals surface area contributed by atoms with Crippen LogP contribution in [0, 0.1) is 0 Å². The molecule has 3 heterocycles. The van der Waals surface area contributed by atoms with Gasteiger partial charge < -0.3 is 15.5 Å². The van der Waals surface area contributed by atoms with Crippen molar-refractivity contribution in [2.45, 2.75) is 69.1 Å². The third-order valence-corrected chi connectivity index (χ3v) is 6.84. The zero-order chi connectivity index (χ0) is 18.7. The van der Waals surface area contributed by atoms with Crippen LogP contribution < -0.4 is 10.6 Å². The van der Waals surface area contributed by atoms with Crippen LogP contribution in [0.5, 0.6) is 0 Å². The van der Waals surface area contributed by atoms with Gasteiger partial charge >= 0.3 is 0 Å². The molecular weight excluding hydrogens is 346 g/mol. The Morgan fingerprint density at radius 1 is 1.19 bits per heavy atom. The molecule has 0 aromatic heterocycles. The average Bonchev–Trinajstić information content (AvgIpc) is 3.05. The van der Waals surface area contributed by atoms with Crippen molar-refractivity contribution in [3.05, 3.63) is 35.4 Å². The first-order chi connectivity index (χ1) is 12.2. The van der Waals surface area contributed by atoms with Crippen LogP contribution in [0.15, 0.2) is 24.3 Å². The first kappa shape index (κ1) is 17.9. The Morgan fingerprint density at radius 3 is 2.54 bits per heavy atom. The highest BCUT2D eigenvalue weighted by atomic mass is 32.2. The van der Waals surface area contributed by atoms with Gasteiger partial charge in [0.15, 0.2) is 0 Å². The fourth-order valence-corrected chi connectivity index (χ4v) is 6.43. The van der Waals surface area contributed by atoms with Crippen LogP contribution >= 0.6 is 11.8 Å². The number of piperidine rings is 1. The van der Waals surface area contributed by atoms with E-state index in [1.165, 1.54) is 0 Å². The predicted molar refractivity (Wildman–Crippen MR) is 104 cm³/mol. The Labute approximate surface area is 159 Å². The van der Waals surface area contributed by atoms with Gasteiger partial charge in [-0.25, -0.2) is 0 Å². The second-order valence-corrected chi connectivity index (χ2v) is 10.1. The maximum Gasteiger partial charge on any atom is 0.256 e. The number of rotatable bonds is 2. The maximum atomic E-state index is 13.0. The van der Waals surface area contributed by atoms with Gasteiger partial charge in [0.25, 0.3) is 5.91 Å². The number of carbonyl (C=O) groups is 2. The van der Waals surface area contributed by atoms with E-state index in [1.54, 1.807) is 16.7 Å².